The van der Waals surface area contributed by atoms with Gasteiger partial charge in [-0.15, -0.1) is 6.58 Å². The molecule has 1 rings (SSSR count). The number of nitrogens with two attached hydrogens (primary N) is 1. The normalized spacial score (nSPS) is 12.9. The van der Waals surface area contributed by atoms with Crippen molar-refractivity contribution in [2.75, 3.05) is 0 Å². The number of nitrogens with zero attached hydrogens (tertiary/aromatic N) is 2. The van der Waals surface area contributed by atoms with Gasteiger partial charge >= 0.3 is 0 Å². The molecule has 0 saturated carbocycles. The second-order valence-corrected chi connectivity index (χ2v) is 3.71. The fraction of sp³-hybridized carbons (Fsp3) is 0.500. The van der Waals surface area contributed by atoms with Crippen LogP contribution in [0.25, 0.3) is 0 Å². The third-order valence-electron chi connectivity index (χ3n) is 2.15. The Bertz CT molecular complexity index is 327. The molecule has 0 aliphatic heterocycles. The molecule has 1 atom stereocenters. The lowest BCUT2D eigenvalue weighted by Crippen LogP contribution is -2.29. The SMILES string of the molecule is C=C(C)CC(NN)c1cc(C)nn1C. The molecule has 1 heterocycles. The van der Waals surface area contributed by atoms with E-state index >= 15 is 0 Å². The van der Waals surface area contributed by atoms with Crippen LogP contribution in [0, 0.1) is 6.92 Å². The lowest BCUT2D eigenvalue weighted by molar-refractivity contribution is 0.507. The van der Waals surface area contributed by atoms with Crippen LogP contribution in [0.1, 0.15) is 30.8 Å². The van der Waals surface area contributed by atoms with E-state index in [2.05, 4.69) is 17.1 Å². The first kappa shape index (κ1) is 10.9. The van der Waals surface area contributed by atoms with Crippen molar-refractivity contribution in [1.29, 1.82) is 0 Å². The van der Waals surface area contributed by atoms with Gasteiger partial charge in [0.15, 0.2) is 0 Å². The predicted molar refractivity (Wildman–Crippen MR) is 57.4 cm³/mol. The van der Waals surface area contributed by atoms with Crippen LogP contribution in [0.2, 0.25) is 0 Å². The number of hydrazine groups is 1. The summed E-state index contributed by atoms with van der Waals surface area (Å²) in [7, 11) is 1.92. The standard InChI is InChI=1S/C10H18N4/c1-7(2)5-9(12-11)10-6-8(3)13-14(10)4/h6,9,12H,1,5,11H2,2-4H3. The molecule has 14 heavy (non-hydrogen) atoms. The van der Waals surface area contributed by atoms with Crippen LogP contribution in [0.15, 0.2) is 18.2 Å². The van der Waals surface area contributed by atoms with Crippen molar-refractivity contribution in [3.63, 3.8) is 0 Å². The van der Waals surface area contributed by atoms with Crippen LogP contribution in [-0.4, -0.2) is 9.78 Å². The fourth-order valence-electron chi connectivity index (χ4n) is 1.55. The molecule has 4 nitrogen and oxygen atoms in total. The van der Waals surface area contributed by atoms with E-state index in [1.54, 1.807) is 0 Å². The first-order chi connectivity index (χ1) is 6.54. The molecule has 0 aromatic carbocycles. The molecule has 0 fully saturated rings. The Labute approximate surface area is 84.8 Å². The highest BCUT2D eigenvalue weighted by atomic mass is 15.3. The molecule has 0 amide bonds. The summed E-state index contributed by atoms with van der Waals surface area (Å²) in [5.41, 5.74) is 5.98. The van der Waals surface area contributed by atoms with Gasteiger partial charge in [0.2, 0.25) is 0 Å². The molecular weight excluding hydrogens is 176 g/mol. The summed E-state index contributed by atoms with van der Waals surface area (Å²) in [4.78, 5) is 0. The van der Waals surface area contributed by atoms with Crippen molar-refractivity contribution in [2.45, 2.75) is 26.3 Å². The Balaban J connectivity index is 2.88. The van der Waals surface area contributed by atoms with Crippen molar-refractivity contribution in [3.8, 4) is 0 Å². The van der Waals surface area contributed by atoms with Gasteiger partial charge in [-0.05, 0) is 26.3 Å². The molecule has 0 saturated heterocycles. The van der Waals surface area contributed by atoms with Crippen LogP contribution < -0.4 is 11.3 Å². The van der Waals surface area contributed by atoms with Gasteiger partial charge in [0.25, 0.3) is 0 Å². The zero-order valence-corrected chi connectivity index (χ0v) is 9.04. The molecule has 0 aliphatic rings. The molecule has 1 aromatic heterocycles. The zero-order valence-electron chi connectivity index (χ0n) is 9.04. The van der Waals surface area contributed by atoms with E-state index < -0.39 is 0 Å². The van der Waals surface area contributed by atoms with Crippen molar-refractivity contribution in [2.24, 2.45) is 12.9 Å². The Kier molecular flexibility index (Phi) is 3.43. The second-order valence-electron chi connectivity index (χ2n) is 3.71. The first-order valence-corrected chi connectivity index (χ1v) is 4.65. The minimum absolute atomic E-state index is 0.0960. The van der Waals surface area contributed by atoms with Crippen LogP contribution in [-0.2, 0) is 7.05 Å². The summed E-state index contributed by atoms with van der Waals surface area (Å²) in [5.74, 6) is 5.50. The molecule has 0 radical (unpaired) electrons. The summed E-state index contributed by atoms with van der Waals surface area (Å²) in [6.07, 6.45) is 0.829. The molecule has 1 unspecified atom stereocenters. The van der Waals surface area contributed by atoms with Crippen molar-refractivity contribution in [1.82, 2.24) is 15.2 Å². The van der Waals surface area contributed by atoms with Gasteiger partial charge in [-0.2, -0.15) is 5.10 Å². The number of rotatable bonds is 4. The average molecular weight is 194 g/mol. The van der Waals surface area contributed by atoms with E-state index in [0.29, 0.717) is 0 Å². The summed E-state index contributed by atoms with van der Waals surface area (Å²) < 4.78 is 1.85. The van der Waals surface area contributed by atoms with E-state index in [-0.39, 0.29) is 6.04 Å². The van der Waals surface area contributed by atoms with E-state index in [0.717, 1.165) is 23.4 Å². The topological polar surface area (TPSA) is 55.9 Å². The number of hydrogen-bond donors (Lipinski definition) is 2. The Morgan fingerprint density at radius 3 is 2.79 bits per heavy atom. The maximum absolute atomic E-state index is 5.50. The smallest absolute Gasteiger partial charge is 0.0665 e. The summed E-state index contributed by atoms with van der Waals surface area (Å²) in [6.45, 7) is 7.84. The highest BCUT2D eigenvalue weighted by molar-refractivity contribution is 5.15. The third kappa shape index (κ3) is 2.43. The quantitative estimate of drug-likeness (QED) is 0.430. The lowest BCUT2D eigenvalue weighted by atomic mass is 10.1. The summed E-state index contributed by atoms with van der Waals surface area (Å²) in [5, 5.41) is 4.28. The lowest BCUT2D eigenvalue weighted by Gasteiger charge is -2.15. The van der Waals surface area contributed by atoms with E-state index in [4.69, 9.17) is 5.84 Å². The molecule has 0 aliphatic carbocycles. The maximum Gasteiger partial charge on any atom is 0.0665 e. The average Bonchev–Trinajstić information content (AvgIpc) is 2.41. The van der Waals surface area contributed by atoms with Crippen LogP contribution in [0.3, 0.4) is 0 Å². The highest BCUT2D eigenvalue weighted by Crippen LogP contribution is 2.19. The second kappa shape index (κ2) is 4.39. The number of aromatic nitrogens is 2. The van der Waals surface area contributed by atoms with Gasteiger partial charge < -0.3 is 0 Å². The van der Waals surface area contributed by atoms with E-state index in [1.807, 2.05) is 31.6 Å². The zero-order chi connectivity index (χ0) is 10.7. The molecule has 1 aromatic rings. The minimum atomic E-state index is 0.0960. The van der Waals surface area contributed by atoms with Crippen molar-refractivity contribution in [3.05, 3.63) is 29.6 Å². The third-order valence-corrected chi connectivity index (χ3v) is 2.15. The maximum atomic E-state index is 5.50. The molecule has 3 N–H and O–H groups in total. The van der Waals surface area contributed by atoms with Crippen molar-refractivity contribution >= 4 is 0 Å². The highest BCUT2D eigenvalue weighted by Gasteiger charge is 2.14. The fourth-order valence-corrected chi connectivity index (χ4v) is 1.55. The van der Waals surface area contributed by atoms with Gasteiger partial charge in [-0.3, -0.25) is 16.0 Å². The molecule has 4 heteroatoms. The molecular formula is C10H18N4. The van der Waals surface area contributed by atoms with Gasteiger partial charge in [-0.25, -0.2) is 0 Å². The largest absolute Gasteiger partial charge is 0.271 e. The summed E-state index contributed by atoms with van der Waals surface area (Å²) >= 11 is 0. The number of nitrogens with one attached hydrogen (secondary N) is 1. The van der Waals surface area contributed by atoms with Gasteiger partial charge in [-0.1, -0.05) is 5.57 Å². The van der Waals surface area contributed by atoms with E-state index in [9.17, 15) is 0 Å². The Morgan fingerprint density at radius 1 is 1.79 bits per heavy atom. The van der Waals surface area contributed by atoms with Crippen LogP contribution >= 0.6 is 0 Å². The Morgan fingerprint density at radius 2 is 2.43 bits per heavy atom. The monoisotopic (exact) mass is 194 g/mol. The van der Waals surface area contributed by atoms with Crippen LogP contribution in [0.5, 0.6) is 0 Å². The van der Waals surface area contributed by atoms with Gasteiger partial charge in [0.1, 0.15) is 0 Å². The molecule has 0 bridgehead atoms. The van der Waals surface area contributed by atoms with Crippen LogP contribution in [0.4, 0.5) is 0 Å². The van der Waals surface area contributed by atoms with Gasteiger partial charge in [0.05, 0.1) is 17.4 Å². The molecule has 0 spiro atoms. The summed E-state index contributed by atoms with van der Waals surface area (Å²) in [6, 6.07) is 2.13. The minimum Gasteiger partial charge on any atom is -0.271 e. The number of hydrogen-bond acceptors (Lipinski definition) is 3. The predicted octanol–water partition coefficient (Wildman–Crippen LogP) is 1.20. The van der Waals surface area contributed by atoms with E-state index in [1.165, 1.54) is 0 Å². The van der Waals surface area contributed by atoms with Gasteiger partial charge in [0, 0.05) is 7.05 Å². The Hall–Kier alpha value is -1.13. The number of aryl methyl sites for hydroxylation is 2. The van der Waals surface area contributed by atoms with Crippen molar-refractivity contribution < 1.29 is 0 Å². The first-order valence-electron chi connectivity index (χ1n) is 4.65. The molecule has 78 valence electrons.